The predicted octanol–water partition coefficient (Wildman–Crippen LogP) is 3.19. The van der Waals surface area contributed by atoms with E-state index >= 15 is 0 Å². The summed E-state index contributed by atoms with van der Waals surface area (Å²) in [6.07, 6.45) is 0.809. The lowest BCUT2D eigenvalue weighted by Crippen LogP contribution is -2.42. The Morgan fingerprint density at radius 1 is 1.32 bits per heavy atom. The molecule has 2 aromatic rings. The normalized spacial score (nSPS) is 15.9. The molecular formula is C17H14I2N2O4. The van der Waals surface area contributed by atoms with Gasteiger partial charge in [-0.2, -0.15) is 5.10 Å². The molecule has 0 bridgehead atoms. The van der Waals surface area contributed by atoms with E-state index in [1.54, 1.807) is 25.5 Å². The Bertz CT molecular complexity index is 826. The second-order valence-electron chi connectivity index (χ2n) is 5.11. The molecule has 0 aliphatic carbocycles. The van der Waals surface area contributed by atoms with Crippen molar-refractivity contribution in [2.45, 2.75) is 6.10 Å². The molecule has 0 fully saturated rings. The zero-order chi connectivity index (χ0) is 17.8. The van der Waals surface area contributed by atoms with E-state index in [1.807, 2.05) is 24.3 Å². The lowest BCUT2D eigenvalue weighted by molar-refractivity contribution is -0.130. The van der Waals surface area contributed by atoms with Crippen LogP contribution in [0.4, 0.5) is 0 Å². The molecule has 0 unspecified atom stereocenters. The molecule has 6 nitrogen and oxygen atoms in total. The van der Waals surface area contributed by atoms with Gasteiger partial charge in [-0.25, -0.2) is 5.43 Å². The summed E-state index contributed by atoms with van der Waals surface area (Å²) in [5.41, 5.74) is 3.27. The molecule has 130 valence electrons. The van der Waals surface area contributed by atoms with Crippen LogP contribution in [-0.4, -0.2) is 31.9 Å². The number of para-hydroxylation sites is 2. The summed E-state index contributed by atoms with van der Waals surface area (Å²) in [5, 5.41) is 4.02. The smallest absolute Gasteiger partial charge is 0.284 e. The summed E-state index contributed by atoms with van der Waals surface area (Å²) >= 11 is 4.42. The molecule has 1 aliphatic rings. The van der Waals surface area contributed by atoms with Gasteiger partial charge in [0.1, 0.15) is 12.4 Å². The van der Waals surface area contributed by atoms with E-state index < -0.39 is 6.10 Å². The molecule has 2 aromatic carbocycles. The van der Waals surface area contributed by atoms with Crippen molar-refractivity contribution in [3.05, 3.63) is 49.1 Å². The maximum Gasteiger partial charge on any atom is 0.284 e. The van der Waals surface area contributed by atoms with E-state index in [1.165, 1.54) is 0 Å². The van der Waals surface area contributed by atoms with Crippen molar-refractivity contribution in [2.75, 3.05) is 13.7 Å². The Labute approximate surface area is 172 Å². The minimum atomic E-state index is -0.745. The van der Waals surface area contributed by atoms with Gasteiger partial charge in [0.2, 0.25) is 6.10 Å². The molecule has 0 aromatic heterocycles. The average molecular weight is 564 g/mol. The number of nitrogens with zero attached hydrogens (tertiary/aromatic N) is 1. The quantitative estimate of drug-likeness (QED) is 0.352. The minimum absolute atomic E-state index is 0.142. The van der Waals surface area contributed by atoms with E-state index in [4.69, 9.17) is 14.2 Å². The number of methoxy groups -OCH3 is 1. The summed E-state index contributed by atoms with van der Waals surface area (Å²) < 4.78 is 18.6. The Morgan fingerprint density at radius 2 is 2.08 bits per heavy atom. The maximum atomic E-state index is 12.2. The number of carbonyl (C=O) groups is 1. The van der Waals surface area contributed by atoms with Crippen LogP contribution in [0.25, 0.3) is 0 Å². The lowest BCUT2D eigenvalue weighted by atomic mass is 10.2. The van der Waals surface area contributed by atoms with Gasteiger partial charge in [-0.1, -0.05) is 12.1 Å². The molecule has 1 atom stereocenters. The molecule has 3 rings (SSSR count). The van der Waals surface area contributed by atoms with Gasteiger partial charge in [0.15, 0.2) is 11.5 Å². The average Bonchev–Trinajstić information content (AvgIpc) is 2.61. The molecule has 8 heteroatoms. The second kappa shape index (κ2) is 8.21. The van der Waals surface area contributed by atoms with Crippen molar-refractivity contribution in [2.24, 2.45) is 5.10 Å². The highest BCUT2D eigenvalue weighted by atomic mass is 127. The molecule has 0 saturated heterocycles. The standard InChI is InChI=1S/C17H14I2N2O4/c1-23-16-10(6-11(18)7-12(16)19)8-20-21-17(22)15-9-24-13-4-2-3-5-14(13)25-15/h2-8,15H,9H2,1H3,(H,21,22)/b20-8-/t15-/m1/s1. The largest absolute Gasteiger partial charge is 0.495 e. The third-order valence-electron chi connectivity index (χ3n) is 3.42. The molecule has 1 heterocycles. The van der Waals surface area contributed by atoms with Gasteiger partial charge in [-0.15, -0.1) is 0 Å². The zero-order valence-electron chi connectivity index (χ0n) is 13.2. The first-order chi connectivity index (χ1) is 12.1. The van der Waals surface area contributed by atoms with Crippen molar-refractivity contribution in [1.29, 1.82) is 0 Å². The van der Waals surface area contributed by atoms with Gasteiger partial charge >= 0.3 is 0 Å². The van der Waals surface area contributed by atoms with Gasteiger partial charge in [0.05, 0.1) is 16.9 Å². The Morgan fingerprint density at radius 3 is 2.84 bits per heavy atom. The number of fused-ring (bicyclic) bond motifs is 1. The highest BCUT2D eigenvalue weighted by molar-refractivity contribution is 14.1. The summed E-state index contributed by atoms with van der Waals surface area (Å²) in [7, 11) is 1.60. The Kier molecular flexibility index (Phi) is 5.99. The van der Waals surface area contributed by atoms with E-state index in [0.717, 1.165) is 12.7 Å². The van der Waals surface area contributed by atoms with Crippen molar-refractivity contribution >= 4 is 57.3 Å². The summed E-state index contributed by atoms with van der Waals surface area (Å²) in [4.78, 5) is 12.2. The van der Waals surface area contributed by atoms with Crippen molar-refractivity contribution in [1.82, 2.24) is 5.43 Å². The molecule has 0 saturated carbocycles. The number of amides is 1. The van der Waals surface area contributed by atoms with Crippen LogP contribution in [0.2, 0.25) is 0 Å². The van der Waals surface area contributed by atoms with Crippen LogP contribution in [0.5, 0.6) is 17.2 Å². The highest BCUT2D eigenvalue weighted by Crippen LogP contribution is 2.31. The first-order valence-corrected chi connectivity index (χ1v) is 9.48. The van der Waals surface area contributed by atoms with Crippen LogP contribution >= 0.6 is 45.2 Å². The van der Waals surface area contributed by atoms with Crippen molar-refractivity contribution in [3.63, 3.8) is 0 Å². The number of halogens is 2. The SMILES string of the molecule is COc1c(I)cc(I)cc1/C=N\NC(=O)[C@H]1COc2ccccc2O1. The van der Waals surface area contributed by atoms with Crippen molar-refractivity contribution < 1.29 is 19.0 Å². The molecule has 0 radical (unpaired) electrons. The number of rotatable bonds is 4. The predicted molar refractivity (Wildman–Crippen MR) is 111 cm³/mol. The van der Waals surface area contributed by atoms with Crippen LogP contribution in [0.3, 0.4) is 0 Å². The van der Waals surface area contributed by atoms with Gasteiger partial charge < -0.3 is 14.2 Å². The molecular weight excluding hydrogens is 550 g/mol. The summed E-state index contributed by atoms with van der Waals surface area (Å²) in [5.74, 6) is 1.52. The molecule has 25 heavy (non-hydrogen) atoms. The topological polar surface area (TPSA) is 69.2 Å². The number of carbonyl (C=O) groups excluding carboxylic acids is 1. The van der Waals surface area contributed by atoms with E-state index in [0.29, 0.717) is 17.2 Å². The summed E-state index contributed by atoms with van der Waals surface area (Å²) in [6.45, 7) is 0.142. The molecule has 1 amide bonds. The highest BCUT2D eigenvalue weighted by Gasteiger charge is 2.27. The van der Waals surface area contributed by atoms with Crippen molar-refractivity contribution in [3.8, 4) is 17.2 Å². The Balaban J connectivity index is 1.66. The number of benzene rings is 2. The second-order valence-corrected chi connectivity index (χ2v) is 7.52. The molecule has 0 spiro atoms. The van der Waals surface area contributed by atoms with E-state index in [-0.39, 0.29) is 12.5 Å². The van der Waals surface area contributed by atoms with Gasteiger partial charge in [0, 0.05) is 9.13 Å². The van der Waals surface area contributed by atoms with E-state index in [9.17, 15) is 4.79 Å². The summed E-state index contributed by atoms with van der Waals surface area (Å²) in [6, 6.07) is 11.2. The zero-order valence-corrected chi connectivity index (χ0v) is 17.5. The van der Waals surface area contributed by atoms with Crippen LogP contribution < -0.4 is 19.6 Å². The van der Waals surface area contributed by atoms with Crippen LogP contribution in [0, 0.1) is 7.14 Å². The number of ether oxygens (including phenoxy) is 3. The number of nitrogens with one attached hydrogen (secondary N) is 1. The molecule has 1 N–H and O–H groups in total. The monoisotopic (exact) mass is 564 g/mol. The van der Waals surface area contributed by atoms with E-state index in [2.05, 4.69) is 55.7 Å². The third-order valence-corrected chi connectivity index (χ3v) is 4.84. The number of hydrazone groups is 1. The Hall–Kier alpha value is -1.56. The minimum Gasteiger partial charge on any atom is -0.495 e. The number of hydrogen-bond donors (Lipinski definition) is 1. The maximum absolute atomic E-state index is 12.2. The fourth-order valence-corrected chi connectivity index (χ4v) is 4.39. The molecule has 1 aliphatic heterocycles. The van der Waals surface area contributed by atoms with Crippen LogP contribution in [0.1, 0.15) is 5.56 Å². The number of hydrogen-bond acceptors (Lipinski definition) is 5. The van der Waals surface area contributed by atoms with Gasteiger partial charge in [0.25, 0.3) is 5.91 Å². The first kappa shape index (κ1) is 18.2. The first-order valence-electron chi connectivity index (χ1n) is 7.33. The van der Waals surface area contributed by atoms with Gasteiger partial charge in [-0.3, -0.25) is 4.79 Å². The lowest BCUT2D eigenvalue weighted by Gasteiger charge is -2.24. The fourth-order valence-electron chi connectivity index (χ4n) is 2.28. The third kappa shape index (κ3) is 4.35. The fraction of sp³-hybridized carbons (Fsp3) is 0.176. The van der Waals surface area contributed by atoms with Crippen LogP contribution in [0.15, 0.2) is 41.5 Å². The van der Waals surface area contributed by atoms with Crippen LogP contribution in [-0.2, 0) is 4.79 Å². The van der Waals surface area contributed by atoms with Gasteiger partial charge in [-0.05, 0) is 69.4 Å².